The minimum absolute atomic E-state index is 0.900. The molecule has 1 N–H and O–H groups in total. The number of hydrogen-bond acceptors (Lipinski definition) is 3. The van der Waals surface area contributed by atoms with Gasteiger partial charge in [-0.1, -0.05) is 24.3 Å². The maximum Gasteiger partial charge on any atom is 0.0744 e. The van der Waals surface area contributed by atoms with E-state index in [-0.39, 0.29) is 0 Å². The molecule has 2 aromatic heterocycles. The molecule has 2 heterocycles. The van der Waals surface area contributed by atoms with Crippen LogP contribution in [0.5, 0.6) is 0 Å². The van der Waals surface area contributed by atoms with E-state index in [4.69, 9.17) is 0 Å². The smallest absolute Gasteiger partial charge is 0.0744 e. The maximum absolute atomic E-state index is 4.46. The predicted molar refractivity (Wildman–Crippen MR) is 79.1 cm³/mol. The van der Waals surface area contributed by atoms with Crippen LogP contribution in [0.3, 0.4) is 0 Å². The second-order valence-corrected chi connectivity index (χ2v) is 4.37. The average Bonchev–Trinajstić information content (AvgIpc) is 2.47. The zero-order chi connectivity index (χ0) is 13.1. The Balaban J connectivity index is 2.16. The van der Waals surface area contributed by atoms with Crippen LogP contribution in [0.1, 0.15) is 6.92 Å². The van der Waals surface area contributed by atoms with Crippen molar-refractivity contribution >= 4 is 16.5 Å². The molecule has 0 bridgehead atoms. The summed E-state index contributed by atoms with van der Waals surface area (Å²) in [4.78, 5) is 8.77. The van der Waals surface area contributed by atoms with Gasteiger partial charge in [0.25, 0.3) is 0 Å². The number of aromatic nitrogens is 2. The van der Waals surface area contributed by atoms with E-state index < -0.39 is 0 Å². The first-order valence-electron chi connectivity index (χ1n) is 6.41. The van der Waals surface area contributed by atoms with Crippen molar-refractivity contribution in [1.29, 1.82) is 0 Å². The molecule has 3 aromatic rings. The van der Waals surface area contributed by atoms with Crippen LogP contribution >= 0.6 is 0 Å². The highest BCUT2D eigenvalue weighted by Crippen LogP contribution is 2.27. The summed E-state index contributed by atoms with van der Waals surface area (Å²) in [5, 5.41) is 5.62. The third kappa shape index (κ3) is 2.27. The van der Waals surface area contributed by atoms with E-state index in [1.165, 1.54) is 5.39 Å². The average molecular weight is 249 g/mol. The Bertz CT molecular complexity index is 702. The number of nitrogens with one attached hydrogen (secondary N) is 1. The molecule has 1 aromatic carbocycles. The summed E-state index contributed by atoms with van der Waals surface area (Å²) >= 11 is 0. The third-order valence-electron chi connectivity index (χ3n) is 3.09. The van der Waals surface area contributed by atoms with Gasteiger partial charge in [0.1, 0.15) is 0 Å². The normalized spacial score (nSPS) is 10.6. The van der Waals surface area contributed by atoms with E-state index in [0.29, 0.717) is 0 Å². The van der Waals surface area contributed by atoms with E-state index in [1.807, 2.05) is 36.8 Å². The molecule has 19 heavy (non-hydrogen) atoms. The summed E-state index contributed by atoms with van der Waals surface area (Å²) in [6.07, 6.45) is 5.59. The van der Waals surface area contributed by atoms with Crippen LogP contribution in [0, 0.1) is 0 Å². The van der Waals surface area contributed by atoms with Gasteiger partial charge in [0.15, 0.2) is 0 Å². The van der Waals surface area contributed by atoms with Crippen LogP contribution in [-0.4, -0.2) is 16.5 Å². The molecule has 0 aliphatic carbocycles. The predicted octanol–water partition coefficient (Wildman–Crippen LogP) is 3.73. The van der Waals surface area contributed by atoms with Crippen molar-refractivity contribution in [3.8, 4) is 11.3 Å². The van der Waals surface area contributed by atoms with Crippen molar-refractivity contribution in [2.45, 2.75) is 6.92 Å². The van der Waals surface area contributed by atoms with Crippen molar-refractivity contribution in [1.82, 2.24) is 9.97 Å². The zero-order valence-electron chi connectivity index (χ0n) is 10.8. The van der Waals surface area contributed by atoms with Gasteiger partial charge in [-0.05, 0) is 24.4 Å². The Morgan fingerprint density at radius 2 is 2.00 bits per heavy atom. The summed E-state index contributed by atoms with van der Waals surface area (Å²) in [7, 11) is 0. The first kappa shape index (κ1) is 11.7. The summed E-state index contributed by atoms with van der Waals surface area (Å²) in [5.74, 6) is 0. The van der Waals surface area contributed by atoms with Crippen molar-refractivity contribution < 1.29 is 0 Å². The molecule has 0 saturated carbocycles. The summed E-state index contributed by atoms with van der Waals surface area (Å²) in [6, 6.07) is 12.3. The Hall–Kier alpha value is -2.42. The van der Waals surface area contributed by atoms with Gasteiger partial charge in [-0.2, -0.15) is 0 Å². The molecule has 0 spiro atoms. The van der Waals surface area contributed by atoms with Crippen molar-refractivity contribution in [3.05, 3.63) is 55.0 Å². The molecule has 0 fully saturated rings. The van der Waals surface area contributed by atoms with Gasteiger partial charge in [0, 0.05) is 41.8 Å². The van der Waals surface area contributed by atoms with Crippen molar-refractivity contribution in [2.75, 3.05) is 11.9 Å². The molecule has 0 amide bonds. The lowest BCUT2D eigenvalue weighted by molar-refractivity contribution is 1.20. The fraction of sp³-hybridized carbons (Fsp3) is 0.125. The topological polar surface area (TPSA) is 37.8 Å². The number of nitrogens with zero attached hydrogens (tertiary/aromatic N) is 2. The van der Waals surface area contributed by atoms with E-state index in [9.17, 15) is 0 Å². The van der Waals surface area contributed by atoms with Crippen molar-refractivity contribution in [3.63, 3.8) is 0 Å². The summed E-state index contributed by atoms with van der Waals surface area (Å²) < 4.78 is 0. The highest BCUT2D eigenvalue weighted by atomic mass is 14.9. The molecular formula is C16H15N3. The Labute approximate surface area is 112 Å². The SMILES string of the molecule is CCNc1ccnc(-c2cncc3ccccc23)c1. The monoisotopic (exact) mass is 249 g/mol. The molecule has 0 atom stereocenters. The van der Waals surface area contributed by atoms with Crippen LogP contribution in [-0.2, 0) is 0 Å². The maximum atomic E-state index is 4.46. The summed E-state index contributed by atoms with van der Waals surface area (Å²) in [5.41, 5.74) is 3.10. The molecular weight excluding hydrogens is 234 g/mol. The largest absolute Gasteiger partial charge is 0.385 e. The minimum atomic E-state index is 0.900. The standard InChI is InChI=1S/C16H15N3/c1-2-18-13-7-8-19-16(9-13)15-11-17-10-12-5-3-4-6-14(12)15/h3-11H,2H2,1H3,(H,18,19). The lowest BCUT2D eigenvalue weighted by atomic mass is 10.0. The van der Waals surface area contributed by atoms with Crippen LogP contribution in [0.15, 0.2) is 55.0 Å². The molecule has 0 unspecified atom stereocenters. The summed E-state index contributed by atoms with van der Waals surface area (Å²) in [6.45, 7) is 2.98. The molecule has 0 saturated heterocycles. The van der Waals surface area contributed by atoms with Gasteiger partial charge in [0.2, 0.25) is 0 Å². The highest BCUT2D eigenvalue weighted by molar-refractivity contribution is 5.95. The molecule has 3 rings (SSSR count). The van der Waals surface area contributed by atoms with E-state index in [1.54, 1.807) is 0 Å². The van der Waals surface area contributed by atoms with Crippen molar-refractivity contribution in [2.24, 2.45) is 0 Å². The number of hydrogen-bond donors (Lipinski definition) is 1. The third-order valence-corrected chi connectivity index (χ3v) is 3.09. The molecule has 3 heteroatoms. The van der Waals surface area contributed by atoms with Gasteiger partial charge in [-0.25, -0.2) is 0 Å². The number of pyridine rings is 2. The molecule has 94 valence electrons. The van der Waals surface area contributed by atoms with Crippen LogP contribution in [0.2, 0.25) is 0 Å². The van der Waals surface area contributed by atoms with E-state index >= 15 is 0 Å². The Morgan fingerprint density at radius 1 is 1.11 bits per heavy atom. The van der Waals surface area contributed by atoms with Crippen LogP contribution in [0.25, 0.3) is 22.0 Å². The van der Waals surface area contributed by atoms with Gasteiger partial charge in [-0.3, -0.25) is 9.97 Å². The second kappa shape index (κ2) is 5.06. The molecule has 0 aliphatic rings. The first-order valence-corrected chi connectivity index (χ1v) is 6.41. The van der Waals surface area contributed by atoms with E-state index in [2.05, 4.69) is 40.4 Å². The molecule has 3 nitrogen and oxygen atoms in total. The number of anilines is 1. The molecule has 0 radical (unpaired) electrons. The number of benzene rings is 1. The quantitative estimate of drug-likeness (QED) is 0.768. The lowest BCUT2D eigenvalue weighted by Crippen LogP contribution is -1.97. The van der Waals surface area contributed by atoms with E-state index in [0.717, 1.165) is 28.9 Å². The van der Waals surface area contributed by atoms with Crippen LogP contribution in [0.4, 0.5) is 5.69 Å². The minimum Gasteiger partial charge on any atom is -0.385 e. The lowest BCUT2D eigenvalue weighted by Gasteiger charge is -2.08. The Kier molecular flexibility index (Phi) is 3.11. The van der Waals surface area contributed by atoms with Gasteiger partial charge >= 0.3 is 0 Å². The fourth-order valence-corrected chi connectivity index (χ4v) is 2.21. The Morgan fingerprint density at radius 3 is 2.89 bits per heavy atom. The zero-order valence-corrected chi connectivity index (χ0v) is 10.8. The number of rotatable bonds is 3. The highest BCUT2D eigenvalue weighted by Gasteiger charge is 2.05. The van der Waals surface area contributed by atoms with Gasteiger partial charge < -0.3 is 5.32 Å². The first-order chi connectivity index (χ1) is 9.38. The molecule has 0 aliphatic heterocycles. The van der Waals surface area contributed by atoms with Gasteiger partial charge in [-0.15, -0.1) is 0 Å². The van der Waals surface area contributed by atoms with Crippen LogP contribution < -0.4 is 5.32 Å². The number of fused-ring (bicyclic) bond motifs is 1. The second-order valence-electron chi connectivity index (χ2n) is 4.37. The fourth-order valence-electron chi connectivity index (χ4n) is 2.21. The van der Waals surface area contributed by atoms with Gasteiger partial charge in [0.05, 0.1) is 5.69 Å².